The molecule has 0 aromatic carbocycles. The van der Waals surface area contributed by atoms with Crippen molar-refractivity contribution in [1.29, 1.82) is 0 Å². The average Bonchev–Trinajstić information content (AvgIpc) is 0.939. The van der Waals surface area contributed by atoms with E-state index < -0.39 is 97.5 Å². The lowest BCUT2D eigenvalue weighted by atomic mass is 10.0. The fourth-order valence-corrected chi connectivity index (χ4v) is 11.5. The molecule has 3 N–H and O–H groups in total. The topological polar surface area (TPSA) is 237 Å². The van der Waals surface area contributed by atoms with E-state index in [0.29, 0.717) is 38.5 Å². The monoisotopic (exact) mass is 1470 g/mol. The number of hydrogen-bond acceptors (Lipinski definition) is 15. The largest absolute Gasteiger partial charge is 0.472 e. The Morgan fingerprint density at radius 3 is 0.833 bits per heavy atom. The van der Waals surface area contributed by atoms with Crippen LogP contribution in [-0.4, -0.2) is 96.7 Å². The molecule has 0 aliphatic carbocycles. The van der Waals surface area contributed by atoms with Gasteiger partial charge in [0.05, 0.1) is 26.4 Å². The van der Waals surface area contributed by atoms with Crippen LogP contribution in [-0.2, 0) is 65.4 Å². The molecule has 0 heterocycles. The van der Waals surface area contributed by atoms with Gasteiger partial charge in [-0.2, -0.15) is 0 Å². The summed E-state index contributed by atoms with van der Waals surface area (Å²) in [6.07, 6.45) is 84.2. The Kier molecular flexibility index (Phi) is 70.5. The summed E-state index contributed by atoms with van der Waals surface area (Å²) in [5, 5.41) is 10.6. The zero-order valence-electron chi connectivity index (χ0n) is 63.5. The minimum Gasteiger partial charge on any atom is -0.462 e. The predicted molar refractivity (Wildman–Crippen MR) is 417 cm³/mol. The van der Waals surface area contributed by atoms with E-state index in [1.807, 2.05) is 24.3 Å². The van der Waals surface area contributed by atoms with Crippen LogP contribution < -0.4 is 0 Å². The number of phosphoric acid groups is 2. The van der Waals surface area contributed by atoms with Gasteiger partial charge in [-0.1, -0.05) is 283 Å². The molecule has 17 nitrogen and oxygen atoms in total. The van der Waals surface area contributed by atoms with E-state index >= 15 is 0 Å². The van der Waals surface area contributed by atoms with Gasteiger partial charge in [0.25, 0.3) is 0 Å². The number of allylic oxidation sites excluding steroid dienone is 24. The minimum absolute atomic E-state index is 0.0619. The molecule has 19 heteroatoms. The molecule has 0 spiro atoms. The number of carbonyl (C=O) groups is 4. The molecule has 5 atom stereocenters. The van der Waals surface area contributed by atoms with Crippen LogP contribution in [0.4, 0.5) is 0 Å². The fraction of sp³-hybridized carbons (Fsp3) is 0.663. The zero-order chi connectivity index (χ0) is 74.6. The maximum absolute atomic E-state index is 13.1. The molecular formula is C83H138O17P2. The van der Waals surface area contributed by atoms with Crippen molar-refractivity contribution in [3.8, 4) is 0 Å². The molecule has 0 radical (unpaired) electrons. The molecule has 102 heavy (non-hydrogen) atoms. The maximum atomic E-state index is 13.1. The van der Waals surface area contributed by atoms with Crippen LogP contribution in [0.3, 0.4) is 0 Å². The molecule has 0 saturated carbocycles. The Balaban J connectivity index is 5.46. The fourth-order valence-electron chi connectivity index (χ4n) is 9.91. The highest BCUT2D eigenvalue weighted by Crippen LogP contribution is 2.45. The first-order chi connectivity index (χ1) is 49.7. The summed E-state index contributed by atoms with van der Waals surface area (Å²) in [5.74, 6) is -2.33. The summed E-state index contributed by atoms with van der Waals surface area (Å²) in [5.41, 5.74) is 0. The van der Waals surface area contributed by atoms with Crippen molar-refractivity contribution in [2.45, 2.75) is 316 Å². The summed E-state index contributed by atoms with van der Waals surface area (Å²) in [4.78, 5) is 72.9. The summed E-state index contributed by atoms with van der Waals surface area (Å²) >= 11 is 0. The van der Waals surface area contributed by atoms with Crippen LogP contribution in [0, 0.1) is 0 Å². The molecule has 5 unspecified atom stereocenters. The van der Waals surface area contributed by atoms with E-state index in [0.717, 1.165) is 135 Å². The highest BCUT2D eigenvalue weighted by atomic mass is 31.2. The third kappa shape index (κ3) is 73.3. The van der Waals surface area contributed by atoms with Gasteiger partial charge in [-0.15, -0.1) is 0 Å². The third-order valence-corrected chi connectivity index (χ3v) is 17.7. The van der Waals surface area contributed by atoms with Gasteiger partial charge in [-0.3, -0.25) is 37.3 Å². The van der Waals surface area contributed by atoms with Crippen molar-refractivity contribution in [1.82, 2.24) is 0 Å². The number of unbranched alkanes of at least 4 members (excludes halogenated alkanes) is 22. The van der Waals surface area contributed by atoms with Crippen molar-refractivity contribution in [2.24, 2.45) is 0 Å². The lowest BCUT2D eigenvalue weighted by Crippen LogP contribution is -2.30. The summed E-state index contributed by atoms with van der Waals surface area (Å²) in [6.45, 7) is 4.47. The highest BCUT2D eigenvalue weighted by Gasteiger charge is 2.30. The number of carbonyl (C=O) groups excluding carboxylic acids is 4. The molecule has 0 bridgehead atoms. The quantitative estimate of drug-likeness (QED) is 0.0169. The number of hydrogen-bond donors (Lipinski definition) is 3. The minimum atomic E-state index is -5.00. The molecule has 0 aromatic rings. The number of rotatable bonds is 72. The van der Waals surface area contributed by atoms with Crippen molar-refractivity contribution >= 4 is 39.5 Å². The van der Waals surface area contributed by atoms with Gasteiger partial charge in [0.15, 0.2) is 12.2 Å². The smallest absolute Gasteiger partial charge is 0.462 e. The van der Waals surface area contributed by atoms with E-state index in [1.54, 1.807) is 0 Å². The Morgan fingerprint density at radius 1 is 0.284 bits per heavy atom. The molecule has 0 aliphatic heterocycles. The van der Waals surface area contributed by atoms with Crippen LogP contribution in [0.2, 0.25) is 0 Å². The van der Waals surface area contributed by atoms with Crippen molar-refractivity contribution in [3.05, 3.63) is 146 Å². The highest BCUT2D eigenvalue weighted by molar-refractivity contribution is 7.47. The first-order valence-corrected chi connectivity index (χ1v) is 42.1. The average molecular weight is 1470 g/mol. The van der Waals surface area contributed by atoms with Crippen molar-refractivity contribution < 1.29 is 80.2 Å². The third-order valence-electron chi connectivity index (χ3n) is 15.8. The number of aliphatic hydroxyl groups excluding tert-OH is 1. The second-order valence-corrected chi connectivity index (χ2v) is 28.4. The maximum Gasteiger partial charge on any atom is 0.472 e. The zero-order valence-corrected chi connectivity index (χ0v) is 65.3. The molecule has 0 aliphatic rings. The second kappa shape index (κ2) is 74.2. The Labute approximate surface area is 617 Å². The SMILES string of the molecule is CC/C=C\C/C=C\C/C=C\C/C=C\C/C=C\CCCC(=O)OCC(COP(=O)(O)OCC(O)COP(=O)(O)OCC(COC(=O)CCC/C=C\C/C=C\C/C=C\C/C=C\C/C=C\CC)OC(=O)CCCCCCCCCCCCCCC)OC(=O)CCCCCCC/C=C\C/C=C\CCCCC. The molecule has 0 saturated heterocycles. The molecular weight excluding hydrogens is 1330 g/mol. The standard InChI is InChI=1S/C83H138O17P2/c1-5-9-13-17-21-25-29-33-36-38-41-44-47-51-55-59-63-67-80(85)93-73-78(99-82(87)69-65-61-57-53-49-43-32-28-24-20-16-12-8-4)75-97-101(89,90)95-71-77(84)72-96-102(91,92)98-76-79(100-83(88)70-66-62-58-54-50-46-40-35-31-27-23-19-15-11-7-3)74-94-81(86)68-64-60-56-52-48-45-42-39-37-34-30-26-22-18-14-10-6-2/h9-10,13-14,21-23,25-27,33-37,40-42,44-45,51-52,55-56,77-79,84H,5-8,11-12,15-20,24,28-32,38-39,43,46-50,53-54,57-76H2,1-4H3,(H,89,90)(H,91,92)/b13-9-,14-10-,25-21-,26-22-,27-23-,36-33-,37-34-,40-35-,44-41-,45-42-,55-51-,56-52-. The van der Waals surface area contributed by atoms with E-state index in [9.17, 15) is 43.2 Å². The molecule has 0 amide bonds. The molecule has 0 fully saturated rings. The number of aliphatic hydroxyl groups is 1. The Morgan fingerprint density at radius 2 is 0.520 bits per heavy atom. The van der Waals surface area contributed by atoms with Crippen LogP contribution in [0.1, 0.15) is 297 Å². The predicted octanol–water partition coefficient (Wildman–Crippen LogP) is 22.7. The lowest BCUT2D eigenvalue weighted by Gasteiger charge is -2.21. The number of phosphoric ester groups is 2. The van der Waals surface area contributed by atoms with Crippen LogP contribution in [0.15, 0.2) is 146 Å². The summed E-state index contributed by atoms with van der Waals surface area (Å²) in [7, 11) is -9.99. The van der Waals surface area contributed by atoms with Crippen LogP contribution in [0.5, 0.6) is 0 Å². The number of ether oxygens (including phenoxy) is 4. The molecule has 0 aromatic heterocycles. The van der Waals surface area contributed by atoms with Gasteiger partial charge >= 0.3 is 39.5 Å². The number of esters is 4. The Bertz CT molecular complexity index is 2510. The van der Waals surface area contributed by atoms with Gasteiger partial charge in [-0.05, 0) is 135 Å². The first-order valence-electron chi connectivity index (χ1n) is 39.1. The molecule has 0 rings (SSSR count). The van der Waals surface area contributed by atoms with Gasteiger partial charge in [-0.25, -0.2) is 9.13 Å². The van der Waals surface area contributed by atoms with Crippen molar-refractivity contribution in [3.63, 3.8) is 0 Å². The van der Waals surface area contributed by atoms with E-state index in [4.69, 9.17) is 37.0 Å². The van der Waals surface area contributed by atoms with Crippen molar-refractivity contribution in [2.75, 3.05) is 39.6 Å². The summed E-state index contributed by atoms with van der Waals surface area (Å²) < 4.78 is 68.4. The summed E-state index contributed by atoms with van der Waals surface area (Å²) in [6, 6.07) is 0. The van der Waals surface area contributed by atoms with Gasteiger partial charge in [0.2, 0.25) is 0 Å². The van der Waals surface area contributed by atoms with Crippen LogP contribution >= 0.6 is 15.6 Å². The normalized spacial score (nSPS) is 14.7. The lowest BCUT2D eigenvalue weighted by molar-refractivity contribution is -0.161. The van der Waals surface area contributed by atoms with E-state index in [1.165, 1.54) is 70.6 Å². The Hall–Kier alpha value is -5.06. The van der Waals surface area contributed by atoms with Gasteiger partial charge in [0.1, 0.15) is 19.3 Å². The van der Waals surface area contributed by atoms with Crippen LogP contribution in [0.25, 0.3) is 0 Å². The van der Waals surface area contributed by atoms with Gasteiger partial charge in [0, 0.05) is 25.7 Å². The van der Waals surface area contributed by atoms with E-state index in [-0.39, 0.29) is 25.7 Å². The first kappa shape index (κ1) is 96.9. The molecule has 582 valence electrons. The second-order valence-electron chi connectivity index (χ2n) is 25.5. The van der Waals surface area contributed by atoms with E-state index in [2.05, 4.69) is 149 Å². The van der Waals surface area contributed by atoms with Gasteiger partial charge < -0.3 is 33.8 Å².